The highest BCUT2D eigenvalue weighted by Crippen LogP contribution is 2.32. The van der Waals surface area contributed by atoms with Crippen molar-refractivity contribution in [3.05, 3.63) is 59.9 Å². The molecule has 0 aliphatic rings. The van der Waals surface area contributed by atoms with Gasteiger partial charge in [-0.3, -0.25) is 4.79 Å². The fraction of sp³-hybridized carbons (Fsp3) is 0.409. The van der Waals surface area contributed by atoms with Crippen molar-refractivity contribution in [1.82, 2.24) is 5.32 Å². The van der Waals surface area contributed by atoms with Crippen LogP contribution in [0.4, 0.5) is 4.39 Å². The number of carbonyl (C=O) groups is 1. The maximum absolute atomic E-state index is 13.2. The van der Waals surface area contributed by atoms with Gasteiger partial charge in [-0.15, -0.1) is 0 Å². The summed E-state index contributed by atoms with van der Waals surface area (Å²) in [5.74, 6) is 0.136. The van der Waals surface area contributed by atoms with E-state index in [0.717, 1.165) is 11.8 Å². The van der Waals surface area contributed by atoms with E-state index in [1.54, 1.807) is 24.3 Å². The molecule has 0 aliphatic heterocycles. The quantitative estimate of drug-likeness (QED) is 0.646. The molecule has 0 saturated carbocycles. The molecule has 0 bridgehead atoms. The number of ether oxygens (including phenoxy) is 1. The maximum atomic E-state index is 13.2. The third-order valence-electron chi connectivity index (χ3n) is 4.44. The molecule has 0 aromatic heterocycles. The first-order chi connectivity index (χ1) is 13.5. The minimum atomic E-state index is -3.23. The van der Waals surface area contributed by atoms with Gasteiger partial charge < -0.3 is 10.1 Å². The molecule has 1 atom stereocenters. The predicted octanol–water partition coefficient (Wildman–Crippen LogP) is 4.29. The maximum Gasteiger partial charge on any atom is 0.220 e. The zero-order valence-corrected chi connectivity index (χ0v) is 18.1. The van der Waals surface area contributed by atoms with Gasteiger partial charge in [0.15, 0.2) is 9.84 Å². The molecule has 2 aromatic carbocycles. The summed E-state index contributed by atoms with van der Waals surface area (Å²) in [6.45, 7) is 6.39. The first-order valence-electron chi connectivity index (χ1n) is 9.44. The molecule has 0 heterocycles. The molecule has 1 amide bonds. The van der Waals surface area contributed by atoms with E-state index >= 15 is 0 Å². The molecular weight excluding hydrogens is 393 g/mol. The van der Waals surface area contributed by atoms with Gasteiger partial charge in [-0.25, -0.2) is 12.8 Å². The summed E-state index contributed by atoms with van der Waals surface area (Å²) >= 11 is 0. The Labute approximate surface area is 172 Å². The lowest BCUT2D eigenvalue weighted by Gasteiger charge is -2.32. The number of hydrogen-bond acceptors (Lipinski definition) is 4. The van der Waals surface area contributed by atoms with E-state index in [9.17, 15) is 17.6 Å². The molecular formula is C22H28FNO4S. The molecule has 1 unspecified atom stereocenters. The standard InChI is InChI=1S/C22H28FNO4S/c1-22(2,3)21(16-7-9-17(23)10-8-16)24-20(25)6-5-15-28-18-11-13-19(14-12-18)29(4,26)27/h7-14,21H,5-6,15H2,1-4H3,(H,24,25). The monoisotopic (exact) mass is 421 g/mol. The Morgan fingerprint density at radius 3 is 2.17 bits per heavy atom. The van der Waals surface area contributed by atoms with Gasteiger partial charge in [-0.1, -0.05) is 32.9 Å². The van der Waals surface area contributed by atoms with Crippen LogP contribution in [0, 0.1) is 11.2 Å². The highest BCUT2D eigenvalue weighted by Gasteiger charge is 2.27. The number of carbonyl (C=O) groups excluding carboxylic acids is 1. The summed E-state index contributed by atoms with van der Waals surface area (Å²) in [6, 6.07) is 12.1. The van der Waals surface area contributed by atoms with Crippen LogP contribution in [0.15, 0.2) is 53.4 Å². The summed E-state index contributed by atoms with van der Waals surface area (Å²) in [7, 11) is -3.23. The van der Waals surface area contributed by atoms with Crippen LogP contribution < -0.4 is 10.1 Å². The number of amides is 1. The van der Waals surface area contributed by atoms with Crippen LogP contribution in [0.2, 0.25) is 0 Å². The Balaban J connectivity index is 1.85. The van der Waals surface area contributed by atoms with Crippen molar-refractivity contribution in [2.45, 2.75) is 44.6 Å². The van der Waals surface area contributed by atoms with Gasteiger partial charge in [0.25, 0.3) is 0 Å². The number of nitrogens with one attached hydrogen (secondary N) is 1. The zero-order chi connectivity index (χ0) is 21.7. The van der Waals surface area contributed by atoms with Gasteiger partial charge >= 0.3 is 0 Å². The zero-order valence-electron chi connectivity index (χ0n) is 17.2. The molecule has 158 valence electrons. The first-order valence-corrected chi connectivity index (χ1v) is 11.3. The molecule has 29 heavy (non-hydrogen) atoms. The second kappa shape index (κ2) is 9.39. The van der Waals surface area contributed by atoms with Crippen LogP contribution in [0.3, 0.4) is 0 Å². The van der Waals surface area contributed by atoms with Crippen molar-refractivity contribution in [2.24, 2.45) is 5.41 Å². The van der Waals surface area contributed by atoms with E-state index in [-0.39, 0.29) is 34.5 Å². The highest BCUT2D eigenvalue weighted by atomic mass is 32.2. The molecule has 0 radical (unpaired) electrons. The Hall–Kier alpha value is -2.41. The fourth-order valence-electron chi connectivity index (χ4n) is 2.89. The molecule has 2 aromatic rings. The van der Waals surface area contributed by atoms with Gasteiger partial charge in [-0.05, 0) is 53.8 Å². The summed E-state index contributed by atoms with van der Waals surface area (Å²) in [6.07, 6.45) is 1.95. The molecule has 0 aliphatic carbocycles. The average molecular weight is 422 g/mol. The van der Waals surface area contributed by atoms with Gasteiger partial charge in [0.1, 0.15) is 11.6 Å². The summed E-state index contributed by atoms with van der Waals surface area (Å²) in [5.41, 5.74) is 0.625. The van der Waals surface area contributed by atoms with E-state index in [1.807, 2.05) is 20.8 Å². The summed E-state index contributed by atoms with van der Waals surface area (Å²) in [5, 5.41) is 3.03. The molecule has 5 nitrogen and oxygen atoms in total. The molecule has 0 spiro atoms. The van der Waals surface area contributed by atoms with E-state index in [2.05, 4.69) is 5.32 Å². The second-order valence-corrected chi connectivity index (χ2v) is 10.1. The normalized spacial score (nSPS) is 13.0. The van der Waals surface area contributed by atoms with Crippen molar-refractivity contribution < 1.29 is 22.3 Å². The van der Waals surface area contributed by atoms with Crippen molar-refractivity contribution in [3.8, 4) is 5.75 Å². The third-order valence-corrected chi connectivity index (χ3v) is 5.57. The van der Waals surface area contributed by atoms with Crippen molar-refractivity contribution in [1.29, 1.82) is 0 Å². The first kappa shape index (κ1) is 22.9. The Morgan fingerprint density at radius 2 is 1.66 bits per heavy atom. The SMILES string of the molecule is CC(C)(C)C(NC(=O)CCCOc1ccc(S(C)(=O)=O)cc1)c1ccc(F)cc1. The molecule has 0 saturated heterocycles. The van der Waals surface area contributed by atoms with Crippen molar-refractivity contribution in [3.63, 3.8) is 0 Å². The summed E-state index contributed by atoms with van der Waals surface area (Å²) < 4.78 is 41.7. The van der Waals surface area contributed by atoms with Gasteiger partial charge in [0, 0.05) is 12.7 Å². The number of benzene rings is 2. The van der Waals surface area contributed by atoms with Crippen molar-refractivity contribution >= 4 is 15.7 Å². The Kier molecular flexibility index (Phi) is 7.41. The lowest BCUT2D eigenvalue weighted by molar-refractivity contribution is -0.122. The van der Waals surface area contributed by atoms with Crippen LogP contribution in [-0.4, -0.2) is 27.2 Å². The van der Waals surface area contributed by atoms with Gasteiger partial charge in [-0.2, -0.15) is 0 Å². The topological polar surface area (TPSA) is 72.5 Å². The largest absolute Gasteiger partial charge is 0.494 e. The Bertz CT molecular complexity index is 917. The number of rotatable bonds is 8. The predicted molar refractivity (Wildman–Crippen MR) is 111 cm³/mol. The lowest BCUT2D eigenvalue weighted by Crippen LogP contribution is -2.36. The van der Waals surface area contributed by atoms with Gasteiger partial charge in [0.05, 0.1) is 17.5 Å². The Morgan fingerprint density at radius 1 is 1.07 bits per heavy atom. The minimum Gasteiger partial charge on any atom is -0.494 e. The van der Waals surface area contributed by atoms with Crippen LogP contribution in [0.5, 0.6) is 5.75 Å². The molecule has 1 N–H and O–H groups in total. The van der Waals surface area contributed by atoms with E-state index < -0.39 is 9.84 Å². The van der Waals surface area contributed by atoms with Crippen LogP contribution in [0.1, 0.15) is 45.2 Å². The fourth-order valence-corrected chi connectivity index (χ4v) is 3.52. The van der Waals surface area contributed by atoms with Crippen molar-refractivity contribution in [2.75, 3.05) is 12.9 Å². The van der Waals surface area contributed by atoms with Crippen LogP contribution >= 0.6 is 0 Å². The number of halogens is 1. The molecule has 2 rings (SSSR count). The average Bonchev–Trinajstić information content (AvgIpc) is 2.63. The smallest absolute Gasteiger partial charge is 0.220 e. The van der Waals surface area contributed by atoms with Crippen LogP contribution in [-0.2, 0) is 14.6 Å². The second-order valence-electron chi connectivity index (χ2n) is 8.11. The van der Waals surface area contributed by atoms with E-state index in [0.29, 0.717) is 18.8 Å². The summed E-state index contributed by atoms with van der Waals surface area (Å²) in [4.78, 5) is 12.6. The van der Waals surface area contributed by atoms with E-state index in [1.165, 1.54) is 24.3 Å². The lowest BCUT2D eigenvalue weighted by atomic mass is 9.82. The van der Waals surface area contributed by atoms with Gasteiger partial charge in [0.2, 0.25) is 5.91 Å². The van der Waals surface area contributed by atoms with Crippen LogP contribution in [0.25, 0.3) is 0 Å². The van der Waals surface area contributed by atoms with E-state index in [4.69, 9.17) is 4.74 Å². The highest BCUT2D eigenvalue weighted by molar-refractivity contribution is 7.90. The third kappa shape index (κ3) is 7.16. The minimum absolute atomic E-state index is 0.106. The number of sulfone groups is 1. The molecule has 0 fully saturated rings. The molecule has 7 heteroatoms. The number of hydrogen-bond donors (Lipinski definition) is 1.